The summed E-state index contributed by atoms with van der Waals surface area (Å²) in [5.41, 5.74) is 2.73. The highest BCUT2D eigenvalue weighted by molar-refractivity contribution is 8.00. The van der Waals surface area contributed by atoms with Crippen LogP contribution in [0.15, 0.2) is 59.8 Å². The van der Waals surface area contributed by atoms with Gasteiger partial charge >= 0.3 is 5.97 Å². The molecule has 2 aromatic carbocycles. The maximum absolute atomic E-state index is 11.2. The van der Waals surface area contributed by atoms with Crippen LogP contribution in [0.1, 0.15) is 36.5 Å². The predicted octanol–water partition coefficient (Wildman–Crippen LogP) is 4.82. The van der Waals surface area contributed by atoms with E-state index in [4.69, 9.17) is 0 Å². The largest absolute Gasteiger partial charge is 0.480 e. The van der Waals surface area contributed by atoms with Gasteiger partial charge in [-0.2, -0.15) is 5.26 Å². The second-order valence-electron chi connectivity index (χ2n) is 6.09. The number of nitrogens with zero attached hydrogens (tertiary/aromatic N) is 2. The Morgan fingerprint density at radius 1 is 1.12 bits per heavy atom. The molecule has 2 atom stereocenters. The van der Waals surface area contributed by atoms with Crippen LogP contribution in [0.25, 0.3) is 10.8 Å². The number of pyridine rings is 1. The summed E-state index contributed by atoms with van der Waals surface area (Å²) in [6, 6.07) is 15.8. The number of aliphatic carboxylic acids is 1. The lowest BCUT2D eigenvalue weighted by molar-refractivity contribution is -0.136. The van der Waals surface area contributed by atoms with E-state index in [1.54, 1.807) is 19.3 Å². The van der Waals surface area contributed by atoms with Gasteiger partial charge in [-0.25, -0.2) is 0 Å². The Bertz CT molecular complexity index is 1010. The fourth-order valence-electron chi connectivity index (χ4n) is 3.03. The molecule has 1 aromatic heterocycles. The molecule has 4 nitrogen and oxygen atoms in total. The van der Waals surface area contributed by atoms with Crippen LogP contribution in [-0.4, -0.2) is 21.3 Å². The number of hydrogen-bond donors (Lipinski definition) is 1. The molecular formula is C21H18N2O2S. The van der Waals surface area contributed by atoms with Crippen LogP contribution >= 0.6 is 11.8 Å². The molecule has 0 spiro atoms. The highest BCUT2D eigenvalue weighted by Crippen LogP contribution is 2.37. The summed E-state index contributed by atoms with van der Waals surface area (Å²) < 4.78 is 0. The Morgan fingerprint density at radius 3 is 2.54 bits per heavy atom. The molecule has 0 saturated heterocycles. The monoisotopic (exact) mass is 362 g/mol. The predicted molar refractivity (Wildman–Crippen MR) is 103 cm³/mol. The van der Waals surface area contributed by atoms with Crippen molar-refractivity contribution in [1.82, 2.24) is 4.98 Å². The zero-order valence-electron chi connectivity index (χ0n) is 14.5. The summed E-state index contributed by atoms with van der Waals surface area (Å²) in [6.45, 7) is 3.76. The van der Waals surface area contributed by atoms with Crippen molar-refractivity contribution in [2.75, 3.05) is 0 Å². The third kappa shape index (κ3) is 3.42. The van der Waals surface area contributed by atoms with Crippen LogP contribution in [0.5, 0.6) is 0 Å². The number of carbonyl (C=O) groups is 1. The summed E-state index contributed by atoms with van der Waals surface area (Å²) in [7, 11) is 0. The lowest BCUT2D eigenvalue weighted by Gasteiger charge is -2.19. The van der Waals surface area contributed by atoms with E-state index in [0.29, 0.717) is 5.56 Å². The van der Waals surface area contributed by atoms with Crippen molar-refractivity contribution in [2.24, 2.45) is 0 Å². The van der Waals surface area contributed by atoms with E-state index in [1.807, 2.05) is 42.5 Å². The first-order valence-electron chi connectivity index (χ1n) is 8.28. The number of hydrogen-bond acceptors (Lipinski definition) is 4. The molecule has 0 fully saturated rings. The molecule has 0 amide bonds. The van der Waals surface area contributed by atoms with E-state index in [-0.39, 0.29) is 5.92 Å². The van der Waals surface area contributed by atoms with Crippen molar-refractivity contribution in [3.63, 3.8) is 0 Å². The molecule has 0 radical (unpaired) electrons. The van der Waals surface area contributed by atoms with Gasteiger partial charge < -0.3 is 5.11 Å². The highest BCUT2D eigenvalue weighted by atomic mass is 32.2. The van der Waals surface area contributed by atoms with Crippen molar-refractivity contribution in [1.29, 1.82) is 5.26 Å². The van der Waals surface area contributed by atoms with Gasteiger partial charge in [0, 0.05) is 23.2 Å². The van der Waals surface area contributed by atoms with Crippen LogP contribution in [0.4, 0.5) is 0 Å². The molecule has 3 rings (SSSR count). The second kappa shape index (κ2) is 7.59. The second-order valence-corrected chi connectivity index (χ2v) is 7.48. The number of rotatable bonds is 5. The normalized spacial score (nSPS) is 13.1. The Hall–Kier alpha value is -2.84. The van der Waals surface area contributed by atoms with Gasteiger partial charge in [-0.1, -0.05) is 37.3 Å². The van der Waals surface area contributed by atoms with Gasteiger partial charge in [0.25, 0.3) is 0 Å². The molecule has 0 saturated carbocycles. The van der Waals surface area contributed by atoms with E-state index in [1.165, 1.54) is 11.8 Å². The molecule has 5 heteroatoms. The fraction of sp³-hybridized carbons (Fsp3) is 0.190. The fourth-order valence-corrected chi connectivity index (χ4v) is 4.02. The topological polar surface area (TPSA) is 74.0 Å². The summed E-state index contributed by atoms with van der Waals surface area (Å²) in [5.74, 6) is -0.820. The van der Waals surface area contributed by atoms with Gasteiger partial charge in [-0.3, -0.25) is 9.78 Å². The maximum atomic E-state index is 11.2. The summed E-state index contributed by atoms with van der Waals surface area (Å²) in [4.78, 5) is 16.4. The molecule has 1 N–H and O–H groups in total. The lowest BCUT2D eigenvalue weighted by Crippen LogP contribution is -2.12. The maximum Gasteiger partial charge on any atom is 0.316 e. The molecule has 26 heavy (non-hydrogen) atoms. The summed E-state index contributed by atoms with van der Waals surface area (Å²) in [5, 5.41) is 20.0. The van der Waals surface area contributed by atoms with Gasteiger partial charge in [0.1, 0.15) is 5.25 Å². The number of fused-ring (bicyclic) bond motifs is 1. The Morgan fingerprint density at radius 2 is 1.85 bits per heavy atom. The number of carboxylic acid groups (broad SMARTS) is 1. The zero-order valence-corrected chi connectivity index (χ0v) is 15.3. The number of thioether (sulfide) groups is 1. The molecule has 0 aliphatic heterocycles. The van der Waals surface area contributed by atoms with Crippen molar-refractivity contribution < 1.29 is 9.90 Å². The van der Waals surface area contributed by atoms with E-state index in [0.717, 1.165) is 26.8 Å². The standard InChI is InChI=1S/C21H18N2O2S/c1-13(19-12-23-10-9-20(19)26-14(2)21(24)25)16-8-7-15(11-22)17-5-3-4-6-18(16)17/h3-10,12-14H,1-2H3,(H,24,25). The number of aromatic nitrogens is 1. The van der Waals surface area contributed by atoms with Crippen LogP contribution in [-0.2, 0) is 4.79 Å². The Kier molecular flexibility index (Phi) is 5.24. The first kappa shape index (κ1) is 18.0. The molecular weight excluding hydrogens is 344 g/mol. The van der Waals surface area contributed by atoms with Crippen molar-refractivity contribution in [3.05, 3.63) is 71.5 Å². The van der Waals surface area contributed by atoms with E-state index in [9.17, 15) is 15.2 Å². The van der Waals surface area contributed by atoms with Crippen LogP contribution in [0.2, 0.25) is 0 Å². The smallest absolute Gasteiger partial charge is 0.316 e. The first-order valence-corrected chi connectivity index (χ1v) is 9.16. The minimum absolute atomic E-state index is 0.0184. The van der Waals surface area contributed by atoms with Gasteiger partial charge in [-0.05, 0) is 41.0 Å². The van der Waals surface area contributed by atoms with Crippen LogP contribution < -0.4 is 0 Å². The van der Waals surface area contributed by atoms with Gasteiger partial charge in [0.2, 0.25) is 0 Å². The number of nitriles is 1. The van der Waals surface area contributed by atoms with Crippen LogP contribution in [0, 0.1) is 11.3 Å². The minimum atomic E-state index is -0.839. The summed E-state index contributed by atoms with van der Waals surface area (Å²) in [6.07, 6.45) is 3.48. The van der Waals surface area contributed by atoms with Gasteiger partial charge in [0.05, 0.1) is 11.6 Å². The molecule has 0 bridgehead atoms. The average molecular weight is 362 g/mol. The average Bonchev–Trinajstić information content (AvgIpc) is 2.67. The van der Waals surface area contributed by atoms with Crippen molar-refractivity contribution >= 4 is 28.5 Å². The van der Waals surface area contributed by atoms with Gasteiger partial charge in [0.15, 0.2) is 0 Å². The third-order valence-corrected chi connectivity index (χ3v) is 5.65. The Balaban J connectivity index is 2.09. The van der Waals surface area contributed by atoms with Crippen LogP contribution in [0.3, 0.4) is 0 Å². The third-order valence-electron chi connectivity index (χ3n) is 4.47. The van der Waals surface area contributed by atoms with Crippen molar-refractivity contribution in [3.8, 4) is 6.07 Å². The highest BCUT2D eigenvalue weighted by Gasteiger charge is 2.20. The van der Waals surface area contributed by atoms with Crippen molar-refractivity contribution in [2.45, 2.75) is 29.9 Å². The minimum Gasteiger partial charge on any atom is -0.480 e. The molecule has 0 aliphatic carbocycles. The molecule has 1 heterocycles. The first-order chi connectivity index (χ1) is 12.5. The van der Waals surface area contributed by atoms with E-state index in [2.05, 4.69) is 18.0 Å². The summed E-state index contributed by atoms with van der Waals surface area (Å²) >= 11 is 1.32. The van der Waals surface area contributed by atoms with E-state index >= 15 is 0 Å². The molecule has 3 aromatic rings. The quantitative estimate of drug-likeness (QED) is 0.659. The Labute approximate surface area is 156 Å². The molecule has 0 aliphatic rings. The zero-order chi connectivity index (χ0) is 18.7. The lowest BCUT2D eigenvalue weighted by atomic mass is 9.88. The number of benzene rings is 2. The molecule has 2 unspecified atom stereocenters. The van der Waals surface area contributed by atoms with E-state index < -0.39 is 11.2 Å². The molecule has 130 valence electrons. The van der Waals surface area contributed by atoms with Gasteiger partial charge in [-0.15, -0.1) is 11.8 Å². The number of carboxylic acids is 1. The SMILES string of the molecule is CC(Sc1ccncc1C(C)c1ccc(C#N)c2ccccc12)C(=O)O.